The molecular weight excluding hydrogens is 348 g/mol. The van der Waals surface area contributed by atoms with Crippen molar-refractivity contribution in [1.82, 2.24) is 0 Å². The number of nitrogens with zero attached hydrogens (tertiary/aromatic N) is 2. The van der Waals surface area contributed by atoms with Gasteiger partial charge in [0.25, 0.3) is 0 Å². The maximum atomic E-state index is 12.2. The van der Waals surface area contributed by atoms with E-state index >= 15 is 0 Å². The van der Waals surface area contributed by atoms with Gasteiger partial charge in [-0.25, -0.2) is 0 Å². The summed E-state index contributed by atoms with van der Waals surface area (Å²) in [7, 11) is 0. The molecule has 25 heavy (non-hydrogen) atoms. The fourth-order valence-electron chi connectivity index (χ4n) is 2.37. The predicted molar refractivity (Wildman–Crippen MR) is 87.3 cm³/mol. The first kappa shape index (κ1) is 20.3. The average Bonchev–Trinajstić information content (AvgIpc) is 2.57. The Balaban J connectivity index is 3.52. The van der Waals surface area contributed by atoms with Crippen LogP contribution in [0.3, 0.4) is 0 Å². The quantitative estimate of drug-likeness (QED) is 0.738. The number of halogens is 1. The molecule has 2 unspecified atom stereocenters. The van der Waals surface area contributed by atoms with Gasteiger partial charge in [-0.3, -0.25) is 9.59 Å². The molecule has 0 saturated carbocycles. The van der Waals surface area contributed by atoms with Crippen LogP contribution < -0.4 is 0 Å². The number of carbonyl (C=O) groups is 2. The van der Waals surface area contributed by atoms with Crippen LogP contribution in [0.2, 0.25) is 5.02 Å². The van der Waals surface area contributed by atoms with Crippen molar-refractivity contribution < 1.29 is 24.2 Å². The third-order valence-corrected chi connectivity index (χ3v) is 3.66. The Morgan fingerprint density at radius 3 is 2.00 bits per heavy atom. The van der Waals surface area contributed by atoms with Crippen LogP contribution in [0, 0.1) is 34.5 Å². The minimum Gasteiger partial charge on any atom is -0.508 e. The number of phenols is 1. The van der Waals surface area contributed by atoms with E-state index < -0.39 is 29.7 Å². The number of phenolic OH excluding ortho intramolecular Hbond substituents is 1. The lowest BCUT2D eigenvalue weighted by molar-refractivity contribution is -0.150. The fourth-order valence-corrected chi connectivity index (χ4v) is 2.55. The molecule has 2 atom stereocenters. The minimum atomic E-state index is -1.50. The molecule has 132 valence electrons. The summed E-state index contributed by atoms with van der Waals surface area (Å²) in [6.45, 7) is 3.15. The highest BCUT2D eigenvalue weighted by Crippen LogP contribution is 2.39. The first-order chi connectivity index (χ1) is 11.9. The summed E-state index contributed by atoms with van der Waals surface area (Å²) >= 11 is 5.93. The molecule has 0 aliphatic carbocycles. The smallest absolute Gasteiger partial charge is 0.324 e. The molecule has 0 spiro atoms. The molecule has 1 rings (SSSR count). The van der Waals surface area contributed by atoms with E-state index in [1.54, 1.807) is 26.0 Å². The molecule has 0 aliphatic rings. The Morgan fingerprint density at radius 2 is 1.60 bits per heavy atom. The molecular formula is C17H17ClN2O5. The van der Waals surface area contributed by atoms with Gasteiger partial charge in [-0.05, 0) is 32.0 Å². The molecule has 0 heterocycles. The number of hydrogen-bond donors (Lipinski definition) is 1. The van der Waals surface area contributed by atoms with Gasteiger partial charge in [0, 0.05) is 16.5 Å². The maximum absolute atomic E-state index is 12.2. The van der Waals surface area contributed by atoms with Crippen LogP contribution >= 0.6 is 11.6 Å². The third kappa shape index (κ3) is 4.85. The Kier molecular flexibility index (Phi) is 7.71. The molecule has 1 aromatic carbocycles. The third-order valence-electron chi connectivity index (χ3n) is 3.43. The Morgan fingerprint density at radius 1 is 1.12 bits per heavy atom. The maximum Gasteiger partial charge on any atom is 0.324 e. The topological polar surface area (TPSA) is 120 Å². The summed E-state index contributed by atoms with van der Waals surface area (Å²) in [5.41, 5.74) is 0.0201. The number of benzene rings is 1. The second-order valence-corrected chi connectivity index (χ2v) is 5.38. The van der Waals surface area contributed by atoms with E-state index in [1.165, 1.54) is 18.2 Å². The number of nitriles is 2. The standard InChI is InChI=1S/C17H17ClN2O5/c1-3-24-16(22)12(8-19)15(13(9-20)17(23)25-4-2)11-7-10(18)5-6-14(11)21/h5-7,12-13,15,21H,3-4H2,1-2H3. The Bertz CT molecular complexity index is 687. The van der Waals surface area contributed by atoms with E-state index in [2.05, 4.69) is 0 Å². The molecule has 0 fully saturated rings. The zero-order valence-corrected chi connectivity index (χ0v) is 14.5. The van der Waals surface area contributed by atoms with Gasteiger partial charge in [0.1, 0.15) is 5.75 Å². The molecule has 0 saturated heterocycles. The van der Waals surface area contributed by atoms with Crippen LogP contribution in [0.15, 0.2) is 18.2 Å². The van der Waals surface area contributed by atoms with E-state index in [4.69, 9.17) is 21.1 Å². The summed E-state index contributed by atoms with van der Waals surface area (Å²) in [5, 5.41) is 29.2. The van der Waals surface area contributed by atoms with Crippen molar-refractivity contribution in [3.63, 3.8) is 0 Å². The summed E-state index contributed by atoms with van der Waals surface area (Å²) in [4.78, 5) is 24.3. The zero-order chi connectivity index (χ0) is 19.0. The van der Waals surface area contributed by atoms with E-state index in [1.807, 2.05) is 0 Å². The number of rotatable bonds is 7. The van der Waals surface area contributed by atoms with Gasteiger partial charge in [-0.2, -0.15) is 10.5 Å². The summed E-state index contributed by atoms with van der Waals surface area (Å²) < 4.78 is 9.73. The van der Waals surface area contributed by atoms with E-state index in [0.717, 1.165) is 0 Å². The lowest BCUT2D eigenvalue weighted by Crippen LogP contribution is -2.33. The van der Waals surface area contributed by atoms with Gasteiger partial charge >= 0.3 is 11.9 Å². The van der Waals surface area contributed by atoms with E-state index in [9.17, 15) is 25.2 Å². The largest absolute Gasteiger partial charge is 0.508 e. The second-order valence-electron chi connectivity index (χ2n) is 4.95. The fraction of sp³-hybridized carbons (Fsp3) is 0.412. The number of esters is 2. The van der Waals surface area contributed by atoms with E-state index in [-0.39, 0.29) is 29.5 Å². The van der Waals surface area contributed by atoms with Crippen molar-refractivity contribution >= 4 is 23.5 Å². The molecule has 0 aromatic heterocycles. The van der Waals surface area contributed by atoms with Gasteiger partial charge in [0.15, 0.2) is 11.8 Å². The van der Waals surface area contributed by atoms with Crippen molar-refractivity contribution in [1.29, 1.82) is 10.5 Å². The predicted octanol–water partition coefficient (Wildman–Crippen LogP) is 2.53. The molecule has 1 N–H and O–H groups in total. The zero-order valence-electron chi connectivity index (χ0n) is 13.7. The van der Waals surface area contributed by atoms with Gasteiger partial charge in [0.05, 0.1) is 25.4 Å². The normalized spacial score (nSPS) is 13.6. The molecule has 8 heteroatoms. The minimum absolute atomic E-state index is 0.0158. The van der Waals surface area contributed by atoms with Crippen LogP contribution in [-0.2, 0) is 19.1 Å². The molecule has 7 nitrogen and oxygen atoms in total. The van der Waals surface area contributed by atoms with Crippen molar-refractivity contribution in [2.45, 2.75) is 19.8 Å². The number of ether oxygens (including phenoxy) is 2. The first-order valence-electron chi connectivity index (χ1n) is 7.52. The van der Waals surface area contributed by atoms with Crippen LogP contribution in [0.5, 0.6) is 5.75 Å². The Labute approximate surface area is 150 Å². The summed E-state index contributed by atoms with van der Waals surface area (Å²) in [6, 6.07) is 7.46. The van der Waals surface area contributed by atoms with Gasteiger partial charge < -0.3 is 14.6 Å². The highest BCUT2D eigenvalue weighted by molar-refractivity contribution is 6.30. The monoisotopic (exact) mass is 364 g/mol. The first-order valence-corrected chi connectivity index (χ1v) is 7.89. The average molecular weight is 365 g/mol. The molecule has 0 bridgehead atoms. The van der Waals surface area contributed by atoms with Gasteiger partial charge in [0.2, 0.25) is 0 Å². The van der Waals surface area contributed by atoms with Crippen LogP contribution in [0.1, 0.15) is 25.3 Å². The van der Waals surface area contributed by atoms with Crippen molar-refractivity contribution in [3.05, 3.63) is 28.8 Å². The number of carbonyl (C=O) groups excluding carboxylic acids is 2. The van der Waals surface area contributed by atoms with Gasteiger partial charge in [-0.1, -0.05) is 11.6 Å². The highest BCUT2D eigenvalue weighted by atomic mass is 35.5. The molecule has 0 radical (unpaired) electrons. The van der Waals surface area contributed by atoms with E-state index in [0.29, 0.717) is 0 Å². The number of aromatic hydroxyl groups is 1. The SMILES string of the molecule is CCOC(=O)C(C#N)C(c1cc(Cl)ccc1O)C(C#N)C(=O)OCC. The highest BCUT2D eigenvalue weighted by Gasteiger charge is 2.42. The molecule has 1 aromatic rings. The van der Waals surface area contributed by atoms with Crippen LogP contribution in [0.4, 0.5) is 0 Å². The lowest BCUT2D eigenvalue weighted by atomic mass is 9.77. The van der Waals surface area contributed by atoms with Crippen molar-refractivity contribution in [2.24, 2.45) is 11.8 Å². The van der Waals surface area contributed by atoms with Crippen LogP contribution in [0.25, 0.3) is 0 Å². The summed E-state index contributed by atoms with van der Waals surface area (Å²) in [6.07, 6.45) is 0. The second kappa shape index (κ2) is 9.51. The molecule has 0 amide bonds. The van der Waals surface area contributed by atoms with Crippen LogP contribution in [-0.4, -0.2) is 30.3 Å². The van der Waals surface area contributed by atoms with Crippen molar-refractivity contribution in [2.75, 3.05) is 13.2 Å². The summed E-state index contributed by atoms with van der Waals surface area (Å²) in [5.74, 6) is -6.41. The number of hydrogen-bond acceptors (Lipinski definition) is 7. The van der Waals surface area contributed by atoms with Gasteiger partial charge in [-0.15, -0.1) is 0 Å². The Hall–Kier alpha value is -2.77. The lowest BCUT2D eigenvalue weighted by Gasteiger charge is -2.25. The van der Waals surface area contributed by atoms with Crippen molar-refractivity contribution in [3.8, 4) is 17.9 Å². The molecule has 0 aliphatic heterocycles.